The minimum absolute atomic E-state index is 0.0887. The molecule has 1 N–H and O–H groups in total. The second-order valence-corrected chi connectivity index (χ2v) is 4.30. The van der Waals surface area contributed by atoms with Gasteiger partial charge in [0.05, 0.1) is 0 Å². The van der Waals surface area contributed by atoms with Gasteiger partial charge in [-0.25, -0.2) is 4.39 Å². The molecule has 0 aromatic heterocycles. The largest absolute Gasteiger partial charge is 0.478 e. The van der Waals surface area contributed by atoms with Crippen molar-refractivity contribution in [2.75, 3.05) is 13.1 Å². The molecule has 1 aromatic rings. The molecule has 6 heteroatoms. The monoisotopic (exact) mass is 263 g/mol. The Morgan fingerprint density at radius 1 is 1.17 bits per heavy atom. The molecule has 0 saturated carbocycles. The van der Waals surface area contributed by atoms with E-state index in [1.807, 2.05) is 0 Å². The van der Waals surface area contributed by atoms with Crippen LogP contribution in [0.1, 0.15) is 12.8 Å². The van der Waals surface area contributed by atoms with Crippen LogP contribution in [-0.4, -0.2) is 24.9 Å². The number of ether oxygens (including phenoxy) is 1. The number of benzene rings is 1. The number of hydrogen-bond acceptors (Lipinski definition) is 2. The highest BCUT2D eigenvalue weighted by atomic mass is 19.4. The lowest BCUT2D eigenvalue weighted by Crippen LogP contribution is -2.56. The van der Waals surface area contributed by atoms with Crippen molar-refractivity contribution in [1.29, 1.82) is 0 Å². The standard InChI is InChI=1S/C12H13F4NO/c13-9-2-1-3-10(8-9)18-11(12(14,15)16)4-6-17-7-5-11/h1-3,8,17H,4-7H2. The van der Waals surface area contributed by atoms with Crippen LogP contribution < -0.4 is 10.1 Å². The van der Waals surface area contributed by atoms with E-state index in [0.717, 1.165) is 12.1 Å². The zero-order valence-corrected chi connectivity index (χ0v) is 9.56. The molecular formula is C12H13F4NO. The van der Waals surface area contributed by atoms with Gasteiger partial charge in [-0.3, -0.25) is 0 Å². The normalized spacial score (nSPS) is 19.6. The third-order valence-electron chi connectivity index (χ3n) is 3.04. The third kappa shape index (κ3) is 2.58. The van der Waals surface area contributed by atoms with E-state index >= 15 is 0 Å². The van der Waals surface area contributed by atoms with Crippen LogP contribution in [0, 0.1) is 5.82 Å². The minimum Gasteiger partial charge on any atom is -0.478 e. The van der Waals surface area contributed by atoms with Gasteiger partial charge < -0.3 is 10.1 Å². The van der Waals surface area contributed by atoms with Crippen molar-refractivity contribution in [2.45, 2.75) is 24.6 Å². The fraction of sp³-hybridized carbons (Fsp3) is 0.500. The molecule has 1 fully saturated rings. The first-order chi connectivity index (χ1) is 8.43. The van der Waals surface area contributed by atoms with Crippen molar-refractivity contribution >= 4 is 0 Å². The molecule has 2 nitrogen and oxygen atoms in total. The molecular weight excluding hydrogens is 250 g/mol. The van der Waals surface area contributed by atoms with Crippen LogP contribution in [0.25, 0.3) is 0 Å². The van der Waals surface area contributed by atoms with Gasteiger partial charge in [0.1, 0.15) is 11.6 Å². The van der Waals surface area contributed by atoms with E-state index in [4.69, 9.17) is 4.74 Å². The molecule has 0 atom stereocenters. The van der Waals surface area contributed by atoms with Gasteiger partial charge in [0.15, 0.2) is 0 Å². The summed E-state index contributed by atoms with van der Waals surface area (Å²) in [7, 11) is 0. The van der Waals surface area contributed by atoms with Crippen LogP contribution in [-0.2, 0) is 0 Å². The van der Waals surface area contributed by atoms with Gasteiger partial charge in [0.25, 0.3) is 0 Å². The summed E-state index contributed by atoms with van der Waals surface area (Å²) in [5, 5.41) is 2.85. The van der Waals surface area contributed by atoms with E-state index < -0.39 is 17.6 Å². The number of alkyl halides is 3. The lowest BCUT2D eigenvalue weighted by atomic mass is 9.91. The molecule has 18 heavy (non-hydrogen) atoms. The Hall–Kier alpha value is -1.30. The number of rotatable bonds is 2. The molecule has 0 radical (unpaired) electrons. The fourth-order valence-electron chi connectivity index (χ4n) is 2.03. The minimum atomic E-state index is -4.47. The van der Waals surface area contributed by atoms with Gasteiger partial charge in [0, 0.05) is 18.9 Å². The Kier molecular flexibility index (Phi) is 3.47. The van der Waals surface area contributed by atoms with E-state index in [0.29, 0.717) is 0 Å². The molecule has 1 aromatic carbocycles. The molecule has 0 unspecified atom stereocenters. The summed E-state index contributed by atoms with van der Waals surface area (Å²) >= 11 is 0. The van der Waals surface area contributed by atoms with Crippen molar-refractivity contribution in [2.24, 2.45) is 0 Å². The Bertz CT molecular complexity index is 413. The van der Waals surface area contributed by atoms with Crippen LogP contribution in [0.5, 0.6) is 5.75 Å². The highest BCUT2D eigenvalue weighted by Gasteiger charge is 2.57. The topological polar surface area (TPSA) is 21.3 Å². The first-order valence-corrected chi connectivity index (χ1v) is 5.65. The first kappa shape index (κ1) is 13.1. The van der Waals surface area contributed by atoms with Crippen molar-refractivity contribution < 1.29 is 22.3 Å². The van der Waals surface area contributed by atoms with Crippen LogP contribution in [0.3, 0.4) is 0 Å². The summed E-state index contributed by atoms with van der Waals surface area (Å²) in [6.45, 7) is 0.462. The zero-order chi connectivity index (χ0) is 13.2. The van der Waals surface area contributed by atoms with Gasteiger partial charge >= 0.3 is 6.18 Å². The lowest BCUT2D eigenvalue weighted by Gasteiger charge is -2.39. The van der Waals surface area contributed by atoms with E-state index in [-0.39, 0.29) is 31.7 Å². The third-order valence-corrected chi connectivity index (χ3v) is 3.04. The molecule has 100 valence electrons. The number of piperidine rings is 1. The van der Waals surface area contributed by atoms with Gasteiger partial charge in [-0.2, -0.15) is 13.2 Å². The summed E-state index contributed by atoms with van der Waals surface area (Å²) in [6.07, 6.45) is -4.82. The molecule has 2 rings (SSSR count). The highest BCUT2D eigenvalue weighted by molar-refractivity contribution is 5.24. The predicted octanol–water partition coefficient (Wildman–Crippen LogP) is 2.89. The molecule has 1 aliphatic rings. The predicted molar refractivity (Wildman–Crippen MR) is 57.9 cm³/mol. The fourth-order valence-corrected chi connectivity index (χ4v) is 2.03. The first-order valence-electron chi connectivity index (χ1n) is 5.65. The molecule has 0 aliphatic carbocycles. The number of halogens is 4. The summed E-state index contributed by atoms with van der Waals surface area (Å²) in [5.41, 5.74) is -2.22. The van der Waals surface area contributed by atoms with Crippen molar-refractivity contribution in [3.63, 3.8) is 0 Å². The average molecular weight is 263 g/mol. The summed E-state index contributed by atoms with van der Waals surface area (Å²) < 4.78 is 57.5. The highest BCUT2D eigenvalue weighted by Crippen LogP contribution is 2.40. The van der Waals surface area contributed by atoms with Gasteiger partial charge in [0.2, 0.25) is 5.60 Å². The van der Waals surface area contributed by atoms with Gasteiger partial charge in [-0.1, -0.05) is 6.07 Å². The Morgan fingerprint density at radius 3 is 2.39 bits per heavy atom. The van der Waals surface area contributed by atoms with Crippen LogP contribution in [0.2, 0.25) is 0 Å². The van der Waals surface area contributed by atoms with Crippen LogP contribution in [0.15, 0.2) is 24.3 Å². The molecule has 1 aliphatic heterocycles. The van der Waals surface area contributed by atoms with E-state index in [1.165, 1.54) is 12.1 Å². The van der Waals surface area contributed by atoms with E-state index in [2.05, 4.69) is 5.32 Å². The van der Waals surface area contributed by atoms with E-state index in [1.54, 1.807) is 0 Å². The van der Waals surface area contributed by atoms with Crippen molar-refractivity contribution in [3.8, 4) is 5.75 Å². The molecule has 0 bridgehead atoms. The average Bonchev–Trinajstić information content (AvgIpc) is 2.29. The maximum Gasteiger partial charge on any atom is 0.428 e. The number of hydrogen-bond donors (Lipinski definition) is 1. The Balaban J connectivity index is 2.25. The van der Waals surface area contributed by atoms with Crippen molar-refractivity contribution in [3.05, 3.63) is 30.1 Å². The molecule has 1 saturated heterocycles. The Morgan fingerprint density at radius 2 is 1.83 bits per heavy atom. The molecule has 0 amide bonds. The number of nitrogens with one attached hydrogen (secondary N) is 1. The maximum atomic E-state index is 13.1. The lowest BCUT2D eigenvalue weighted by molar-refractivity contribution is -0.256. The summed E-state index contributed by atoms with van der Waals surface area (Å²) in [5.74, 6) is -0.701. The maximum absolute atomic E-state index is 13.1. The van der Waals surface area contributed by atoms with E-state index in [9.17, 15) is 17.6 Å². The second kappa shape index (κ2) is 4.76. The van der Waals surface area contributed by atoms with Gasteiger partial charge in [-0.15, -0.1) is 0 Å². The summed E-state index contributed by atoms with van der Waals surface area (Å²) in [6, 6.07) is 4.79. The van der Waals surface area contributed by atoms with Crippen LogP contribution >= 0.6 is 0 Å². The van der Waals surface area contributed by atoms with Crippen molar-refractivity contribution in [1.82, 2.24) is 5.32 Å². The zero-order valence-electron chi connectivity index (χ0n) is 9.56. The Labute approximate surface area is 102 Å². The second-order valence-electron chi connectivity index (χ2n) is 4.30. The molecule has 0 spiro atoms. The molecule has 1 heterocycles. The quantitative estimate of drug-likeness (QED) is 0.828. The van der Waals surface area contributed by atoms with Gasteiger partial charge in [-0.05, 0) is 25.2 Å². The summed E-state index contributed by atoms with van der Waals surface area (Å²) in [4.78, 5) is 0. The smallest absolute Gasteiger partial charge is 0.428 e. The SMILES string of the molecule is Fc1cccc(OC2(C(F)(F)F)CCNCC2)c1. The van der Waals surface area contributed by atoms with Crippen LogP contribution in [0.4, 0.5) is 17.6 Å².